The van der Waals surface area contributed by atoms with E-state index in [1.807, 2.05) is 0 Å². The third kappa shape index (κ3) is 4.11. The lowest BCUT2D eigenvalue weighted by atomic mass is 10.0. The highest BCUT2D eigenvalue weighted by Crippen LogP contribution is 2.21. The molecule has 0 spiro atoms. The minimum Gasteiger partial charge on any atom is -0.492 e. The topological polar surface area (TPSA) is 12.5 Å². The zero-order chi connectivity index (χ0) is 15.2. The number of hydrogen-bond donors (Lipinski definition) is 0. The number of nitrogens with zero attached hydrogens (tertiary/aromatic N) is 1. The van der Waals surface area contributed by atoms with Crippen LogP contribution >= 0.6 is 0 Å². The van der Waals surface area contributed by atoms with Gasteiger partial charge in [-0.2, -0.15) is 0 Å². The summed E-state index contributed by atoms with van der Waals surface area (Å²) >= 11 is 0. The fourth-order valence-corrected chi connectivity index (χ4v) is 3.11. The summed E-state index contributed by atoms with van der Waals surface area (Å²) in [5, 5.41) is 0. The number of ether oxygens (including phenoxy) is 1. The second-order valence-corrected chi connectivity index (χ2v) is 6.16. The van der Waals surface area contributed by atoms with Gasteiger partial charge in [0, 0.05) is 6.54 Å². The predicted molar refractivity (Wildman–Crippen MR) is 91.6 cm³/mol. The zero-order valence-corrected chi connectivity index (χ0v) is 13.4. The first-order chi connectivity index (χ1) is 10.8. The third-order valence-electron chi connectivity index (χ3n) is 4.35. The van der Waals surface area contributed by atoms with E-state index >= 15 is 0 Å². The Labute approximate surface area is 133 Å². The van der Waals surface area contributed by atoms with Crippen LogP contribution in [0.25, 0.3) is 0 Å². The molecular formula is C20H25NO. The largest absolute Gasteiger partial charge is 0.492 e. The summed E-state index contributed by atoms with van der Waals surface area (Å²) in [6, 6.07) is 17.2. The van der Waals surface area contributed by atoms with Crippen molar-refractivity contribution in [2.75, 3.05) is 26.2 Å². The van der Waals surface area contributed by atoms with Gasteiger partial charge in [0.1, 0.15) is 12.4 Å². The Morgan fingerprint density at radius 1 is 0.955 bits per heavy atom. The van der Waals surface area contributed by atoms with Crippen LogP contribution in [0.3, 0.4) is 0 Å². The Morgan fingerprint density at radius 2 is 1.73 bits per heavy atom. The lowest BCUT2D eigenvalue weighted by Gasteiger charge is -2.16. The number of benzene rings is 2. The van der Waals surface area contributed by atoms with E-state index in [1.54, 1.807) is 0 Å². The molecule has 0 atom stereocenters. The monoisotopic (exact) mass is 295 g/mol. The number of likely N-dealkylation sites (tertiary alicyclic amines) is 1. The molecule has 116 valence electrons. The van der Waals surface area contributed by atoms with Gasteiger partial charge < -0.3 is 4.74 Å². The summed E-state index contributed by atoms with van der Waals surface area (Å²) in [5.74, 6) is 1.02. The van der Waals surface area contributed by atoms with Gasteiger partial charge in [-0.3, -0.25) is 4.90 Å². The van der Waals surface area contributed by atoms with Crippen molar-refractivity contribution in [3.8, 4) is 5.75 Å². The van der Waals surface area contributed by atoms with Crippen LogP contribution in [0.2, 0.25) is 0 Å². The summed E-state index contributed by atoms with van der Waals surface area (Å²) in [5.41, 5.74) is 3.93. The molecule has 1 saturated heterocycles. The molecule has 2 aromatic rings. The van der Waals surface area contributed by atoms with Gasteiger partial charge in [-0.1, -0.05) is 42.5 Å². The average molecular weight is 295 g/mol. The second kappa shape index (κ2) is 7.46. The van der Waals surface area contributed by atoms with E-state index in [2.05, 4.69) is 60.4 Å². The molecular weight excluding hydrogens is 270 g/mol. The molecule has 0 amide bonds. The Hall–Kier alpha value is -1.80. The van der Waals surface area contributed by atoms with E-state index in [4.69, 9.17) is 4.74 Å². The van der Waals surface area contributed by atoms with Crippen LogP contribution in [0, 0.1) is 6.92 Å². The average Bonchev–Trinajstić information content (AvgIpc) is 3.04. The number of hydrogen-bond acceptors (Lipinski definition) is 2. The summed E-state index contributed by atoms with van der Waals surface area (Å²) in [6.07, 6.45) is 3.66. The molecule has 2 aromatic carbocycles. The van der Waals surface area contributed by atoms with Crippen LogP contribution in [-0.4, -0.2) is 31.1 Å². The lowest BCUT2D eigenvalue weighted by molar-refractivity contribution is 0.237. The number of rotatable bonds is 6. The van der Waals surface area contributed by atoms with E-state index in [0.717, 1.165) is 25.3 Å². The van der Waals surface area contributed by atoms with E-state index in [1.165, 1.54) is 42.6 Å². The highest BCUT2D eigenvalue weighted by Gasteiger charge is 2.11. The predicted octanol–water partition coefficient (Wildman–Crippen LogP) is 4.06. The fourth-order valence-electron chi connectivity index (χ4n) is 3.11. The van der Waals surface area contributed by atoms with Crippen molar-refractivity contribution in [1.29, 1.82) is 0 Å². The molecule has 1 fully saturated rings. The molecule has 1 aliphatic rings. The third-order valence-corrected chi connectivity index (χ3v) is 4.35. The van der Waals surface area contributed by atoms with Crippen molar-refractivity contribution in [2.24, 2.45) is 0 Å². The summed E-state index contributed by atoms with van der Waals surface area (Å²) in [7, 11) is 0. The standard InChI is InChI=1S/C20H25NO/c1-17-15-19(16-18-7-3-2-4-8-18)9-10-20(17)22-14-13-21-11-5-6-12-21/h2-4,7-10,15H,5-6,11-14,16H2,1H3. The lowest BCUT2D eigenvalue weighted by Crippen LogP contribution is -2.25. The van der Waals surface area contributed by atoms with Gasteiger partial charge in [0.2, 0.25) is 0 Å². The molecule has 2 nitrogen and oxygen atoms in total. The molecule has 22 heavy (non-hydrogen) atoms. The van der Waals surface area contributed by atoms with Gasteiger partial charge in [-0.25, -0.2) is 0 Å². The van der Waals surface area contributed by atoms with Gasteiger partial charge >= 0.3 is 0 Å². The van der Waals surface area contributed by atoms with Crippen LogP contribution in [0.4, 0.5) is 0 Å². The van der Waals surface area contributed by atoms with Crippen molar-refractivity contribution in [3.05, 3.63) is 65.2 Å². The maximum Gasteiger partial charge on any atom is 0.122 e. The first-order valence-electron chi connectivity index (χ1n) is 8.30. The zero-order valence-electron chi connectivity index (χ0n) is 13.4. The molecule has 2 heteroatoms. The van der Waals surface area contributed by atoms with Crippen molar-refractivity contribution in [1.82, 2.24) is 4.90 Å². The number of aryl methyl sites for hydroxylation is 1. The first kappa shape index (κ1) is 15.1. The quantitative estimate of drug-likeness (QED) is 0.797. The molecule has 3 rings (SSSR count). The molecule has 0 radical (unpaired) electrons. The Balaban J connectivity index is 1.55. The van der Waals surface area contributed by atoms with Crippen molar-refractivity contribution < 1.29 is 4.74 Å². The fraction of sp³-hybridized carbons (Fsp3) is 0.400. The van der Waals surface area contributed by atoms with Gasteiger partial charge in [-0.15, -0.1) is 0 Å². The van der Waals surface area contributed by atoms with Crippen molar-refractivity contribution in [3.63, 3.8) is 0 Å². The van der Waals surface area contributed by atoms with Crippen LogP contribution in [-0.2, 0) is 6.42 Å². The van der Waals surface area contributed by atoms with Gasteiger partial charge in [-0.05, 0) is 62.0 Å². The molecule has 0 N–H and O–H groups in total. The van der Waals surface area contributed by atoms with Crippen molar-refractivity contribution in [2.45, 2.75) is 26.2 Å². The summed E-state index contributed by atoms with van der Waals surface area (Å²) in [6.45, 7) is 6.44. The Bertz CT molecular complexity index is 588. The molecule has 0 bridgehead atoms. The van der Waals surface area contributed by atoms with Gasteiger partial charge in [0.25, 0.3) is 0 Å². The van der Waals surface area contributed by atoms with Crippen molar-refractivity contribution >= 4 is 0 Å². The Kier molecular flexibility index (Phi) is 5.12. The highest BCUT2D eigenvalue weighted by atomic mass is 16.5. The smallest absolute Gasteiger partial charge is 0.122 e. The van der Waals surface area contributed by atoms with E-state index in [9.17, 15) is 0 Å². The minimum atomic E-state index is 0.791. The van der Waals surface area contributed by atoms with Crippen LogP contribution < -0.4 is 4.74 Å². The SMILES string of the molecule is Cc1cc(Cc2ccccc2)ccc1OCCN1CCCC1. The molecule has 1 aliphatic heterocycles. The Morgan fingerprint density at radius 3 is 2.45 bits per heavy atom. The second-order valence-electron chi connectivity index (χ2n) is 6.16. The molecule has 1 heterocycles. The van der Waals surface area contributed by atoms with Crippen LogP contribution in [0.15, 0.2) is 48.5 Å². The highest BCUT2D eigenvalue weighted by molar-refractivity contribution is 5.38. The van der Waals surface area contributed by atoms with E-state index in [0.29, 0.717) is 0 Å². The maximum absolute atomic E-state index is 5.96. The van der Waals surface area contributed by atoms with E-state index in [-0.39, 0.29) is 0 Å². The first-order valence-corrected chi connectivity index (χ1v) is 8.30. The van der Waals surface area contributed by atoms with Crippen LogP contribution in [0.5, 0.6) is 5.75 Å². The maximum atomic E-state index is 5.96. The van der Waals surface area contributed by atoms with Gasteiger partial charge in [0.15, 0.2) is 0 Å². The molecule has 0 aromatic heterocycles. The van der Waals surface area contributed by atoms with Gasteiger partial charge in [0.05, 0.1) is 0 Å². The molecule has 0 aliphatic carbocycles. The normalized spacial score (nSPS) is 15.1. The molecule has 0 saturated carbocycles. The molecule has 0 unspecified atom stereocenters. The van der Waals surface area contributed by atoms with Crippen LogP contribution in [0.1, 0.15) is 29.5 Å². The summed E-state index contributed by atoms with van der Waals surface area (Å²) in [4.78, 5) is 2.49. The summed E-state index contributed by atoms with van der Waals surface area (Å²) < 4.78 is 5.96. The minimum absolute atomic E-state index is 0.791. The van der Waals surface area contributed by atoms with E-state index < -0.39 is 0 Å².